The molecule has 2 N–H and O–H groups in total. The number of carbonyl (C=O) groups excluding carboxylic acids is 1. The fraction of sp³-hybridized carbons (Fsp3) is 0.462. The van der Waals surface area contributed by atoms with Crippen molar-refractivity contribution in [1.29, 1.82) is 0 Å². The van der Waals surface area contributed by atoms with Crippen molar-refractivity contribution >= 4 is 18.5 Å². The van der Waals surface area contributed by atoms with Gasteiger partial charge in [-0.15, -0.1) is 0 Å². The molecule has 0 radical (unpaired) electrons. The summed E-state index contributed by atoms with van der Waals surface area (Å²) in [6, 6.07) is 3.47. The molecule has 0 spiro atoms. The Balaban J connectivity index is 2.19. The molecule has 2 rings (SSSR count). The number of hydrogen-bond acceptors (Lipinski definition) is 3. The summed E-state index contributed by atoms with van der Waals surface area (Å²) in [5, 5.41) is 18.1. The number of hydrogen-bond donors (Lipinski definition) is 2. The molecule has 0 aromatic heterocycles. The topological polar surface area (TPSA) is 60.8 Å². The van der Waals surface area contributed by atoms with E-state index in [0.717, 1.165) is 25.0 Å². The van der Waals surface area contributed by atoms with Crippen molar-refractivity contribution < 1.29 is 19.2 Å². The van der Waals surface area contributed by atoms with E-state index in [2.05, 4.69) is 6.92 Å². The second kappa shape index (κ2) is 5.71. The lowest BCUT2D eigenvalue weighted by Crippen LogP contribution is -2.39. The minimum absolute atomic E-state index is 0.00581. The number of carbonyl (C=O) groups is 1. The summed E-state index contributed by atoms with van der Waals surface area (Å²) in [5.41, 5.74) is 0.159. The number of rotatable bonds is 2. The van der Waals surface area contributed by atoms with E-state index in [1.54, 1.807) is 4.90 Å². The first-order chi connectivity index (χ1) is 8.97. The lowest BCUT2D eigenvalue weighted by atomic mass is 9.79. The van der Waals surface area contributed by atoms with E-state index in [4.69, 9.17) is 10.0 Å². The first-order valence-corrected chi connectivity index (χ1v) is 6.43. The van der Waals surface area contributed by atoms with Crippen LogP contribution in [0.5, 0.6) is 0 Å². The second-order valence-corrected chi connectivity index (χ2v) is 5.12. The molecule has 1 amide bonds. The zero-order valence-electron chi connectivity index (χ0n) is 10.8. The minimum Gasteiger partial charge on any atom is -0.423 e. The van der Waals surface area contributed by atoms with Gasteiger partial charge in [-0.2, -0.15) is 0 Å². The molecular formula is C13H17BFNO3. The lowest BCUT2D eigenvalue weighted by Gasteiger charge is -2.30. The van der Waals surface area contributed by atoms with E-state index in [1.807, 2.05) is 0 Å². The molecule has 0 bridgehead atoms. The highest BCUT2D eigenvalue weighted by Crippen LogP contribution is 2.18. The van der Waals surface area contributed by atoms with Crippen molar-refractivity contribution in [2.75, 3.05) is 13.1 Å². The fourth-order valence-electron chi connectivity index (χ4n) is 2.28. The zero-order chi connectivity index (χ0) is 14.0. The number of halogens is 1. The number of nitrogens with zero attached hydrogens (tertiary/aromatic N) is 1. The monoisotopic (exact) mass is 265 g/mol. The molecule has 1 aromatic carbocycles. The molecule has 1 heterocycles. The van der Waals surface area contributed by atoms with Crippen molar-refractivity contribution in [2.24, 2.45) is 5.92 Å². The van der Waals surface area contributed by atoms with E-state index < -0.39 is 12.9 Å². The Kier molecular flexibility index (Phi) is 4.22. The molecule has 6 heteroatoms. The number of piperidine rings is 1. The normalized spacial score (nSPS) is 16.5. The maximum Gasteiger partial charge on any atom is 0.488 e. The summed E-state index contributed by atoms with van der Waals surface area (Å²) in [5.74, 6) is -0.293. The third-order valence-electron chi connectivity index (χ3n) is 3.54. The molecule has 1 aliphatic heterocycles. The number of likely N-dealkylation sites (tertiary alicyclic amines) is 1. The van der Waals surface area contributed by atoms with Crippen molar-refractivity contribution in [1.82, 2.24) is 4.90 Å². The predicted octanol–water partition coefficient (Wildman–Crippen LogP) is 0.378. The lowest BCUT2D eigenvalue weighted by molar-refractivity contribution is 0.0697. The van der Waals surface area contributed by atoms with Crippen molar-refractivity contribution in [3.05, 3.63) is 29.6 Å². The molecule has 19 heavy (non-hydrogen) atoms. The Bertz CT molecular complexity index is 473. The molecular weight excluding hydrogens is 248 g/mol. The average molecular weight is 265 g/mol. The second-order valence-electron chi connectivity index (χ2n) is 5.12. The third kappa shape index (κ3) is 3.33. The van der Waals surface area contributed by atoms with Crippen LogP contribution in [0, 0.1) is 11.7 Å². The molecule has 1 saturated heterocycles. The highest BCUT2D eigenvalue weighted by Gasteiger charge is 2.23. The highest BCUT2D eigenvalue weighted by atomic mass is 19.1. The Morgan fingerprint density at radius 1 is 1.32 bits per heavy atom. The van der Waals surface area contributed by atoms with Crippen LogP contribution in [0.15, 0.2) is 18.2 Å². The van der Waals surface area contributed by atoms with Crippen LogP contribution in [-0.2, 0) is 0 Å². The molecule has 1 aromatic rings. The van der Waals surface area contributed by atoms with Crippen molar-refractivity contribution in [2.45, 2.75) is 19.8 Å². The summed E-state index contributed by atoms with van der Waals surface area (Å²) in [6.07, 6.45) is 1.88. The van der Waals surface area contributed by atoms with E-state index in [-0.39, 0.29) is 16.9 Å². The van der Waals surface area contributed by atoms with Crippen molar-refractivity contribution in [3.63, 3.8) is 0 Å². The van der Waals surface area contributed by atoms with Gasteiger partial charge in [-0.05, 0) is 42.4 Å². The fourth-order valence-corrected chi connectivity index (χ4v) is 2.28. The Labute approximate surface area is 112 Å². The van der Waals surface area contributed by atoms with Gasteiger partial charge in [0.15, 0.2) is 0 Å². The third-order valence-corrected chi connectivity index (χ3v) is 3.54. The molecule has 1 fully saturated rings. The van der Waals surface area contributed by atoms with E-state index in [1.165, 1.54) is 6.07 Å². The average Bonchev–Trinajstić information content (AvgIpc) is 2.38. The molecule has 4 nitrogen and oxygen atoms in total. The highest BCUT2D eigenvalue weighted by molar-refractivity contribution is 6.58. The van der Waals surface area contributed by atoms with Gasteiger partial charge in [0.1, 0.15) is 5.82 Å². The van der Waals surface area contributed by atoms with Gasteiger partial charge in [-0.3, -0.25) is 4.79 Å². The number of benzene rings is 1. The van der Waals surface area contributed by atoms with Crippen LogP contribution in [-0.4, -0.2) is 41.1 Å². The molecule has 0 saturated carbocycles. The molecule has 0 aliphatic carbocycles. The number of amides is 1. The predicted molar refractivity (Wildman–Crippen MR) is 70.5 cm³/mol. The van der Waals surface area contributed by atoms with Crippen LogP contribution >= 0.6 is 0 Å². The van der Waals surface area contributed by atoms with Crippen LogP contribution in [0.4, 0.5) is 4.39 Å². The SMILES string of the molecule is CC1CCN(C(=O)c2cc(F)cc(B(O)O)c2)CC1. The Morgan fingerprint density at radius 3 is 2.53 bits per heavy atom. The zero-order valence-corrected chi connectivity index (χ0v) is 10.8. The molecule has 102 valence electrons. The van der Waals surface area contributed by atoms with Crippen LogP contribution in [0.3, 0.4) is 0 Å². The maximum absolute atomic E-state index is 13.4. The van der Waals surface area contributed by atoms with Gasteiger partial charge in [0.05, 0.1) is 0 Å². The van der Waals surface area contributed by atoms with Gasteiger partial charge in [0.2, 0.25) is 0 Å². The summed E-state index contributed by atoms with van der Waals surface area (Å²) < 4.78 is 13.4. The Hall–Kier alpha value is -1.40. The van der Waals surface area contributed by atoms with E-state index in [9.17, 15) is 9.18 Å². The quantitative estimate of drug-likeness (QED) is 0.760. The van der Waals surface area contributed by atoms with Crippen LogP contribution in [0.25, 0.3) is 0 Å². The molecule has 0 atom stereocenters. The minimum atomic E-state index is -1.77. The molecule has 1 aliphatic rings. The largest absolute Gasteiger partial charge is 0.488 e. The van der Waals surface area contributed by atoms with E-state index in [0.29, 0.717) is 19.0 Å². The van der Waals surface area contributed by atoms with E-state index >= 15 is 0 Å². The molecule has 0 unspecified atom stereocenters. The van der Waals surface area contributed by atoms with Gasteiger partial charge in [0, 0.05) is 18.7 Å². The first kappa shape index (κ1) is 14.0. The van der Waals surface area contributed by atoms with Gasteiger partial charge < -0.3 is 14.9 Å². The summed E-state index contributed by atoms with van der Waals surface area (Å²) in [4.78, 5) is 13.9. The maximum atomic E-state index is 13.4. The first-order valence-electron chi connectivity index (χ1n) is 6.43. The van der Waals surface area contributed by atoms with Crippen molar-refractivity contribution in [3.8, 4) is 0 Å². The van der Waals surface area contributed by atoms with Crippen LogP contribution in [0.1, 0.15) is 30.1 Å². The van der Waals surface area contributed by atoms with Gasteiger partial charge in [-0.1, -0.05) is 6.92 Å². The van der Waals surface area contributed by atoms with Gasteiger partial charge in [0.25, 0.3) is 5.91 Å². The van der Waals surface area contributed by atoms with Gasteiger partial charge in [-0.25, -0.2) is 4.39 Å². The summed E-state index contributed by atoms with van der Waals surface area (Å²) in [6.45, 7) is 3.46. The smallest absolute Gasteiger partial charge is 0.423 e. The summed E-state index contributed by atoms with van der Waals surface area (Å²) >= 11 is 0. The van der Waals surface area contributed by atoms with Crippen LogP contribution in [0.2, 0.25) is 0 Å². The Morgan fingerprint density at radius 2 is 1.95 bits per heavy atom. The standard InChI is InChI=1S/C13H17BFNO3/c1-9-2-4-16(5-3-9)13(17)10-6-11(14(18)19)8-12(15)7-10/h6-9,18-19H,2-5H2,1H3. The summed E-state index contributed by atoms with van der Waals surface area (Å²) in [7, 11) is -1.77. The van der Waals surface area contributed by atoms with Crippen LogP contribution < -0.4 is 5.46 Å². The van der Waals surface area contributed by atoms with Gasteiger partial charge >= 0.3 is 7.12 Å².